The Morgan fingerprint density at radius 1 is 0.291 bits per heavy atom. The zero-order chi connectivity index (χ0) is 52.4. The van der Waals surface area contributed by atoms with Crippen LogP contribution in [0.4, 0.5) is 34.1 Å². The molecule has 0 aliphatic heterocycles. The second-order valence-electron chi connectivity index (χ2n) is 21.8. The van der Waals surface area contributed by atoms with Gasteiger partial charge in [0.2, 0.25) is 0 Å². The molecular formula is C72H49N3O4. The first kappa shape index (κ1) is 44.2. The predicted octanol–water partition coefficient (Wildman–Crippen LogP) is 21.6. The maximum Gasteiger partial charge on any atom is 0.160 e. The van der Waals surface area contributed by atoms with Crippen LogP contribution in [0.25, 0.3) is 126 Å². The highest BCUT2D eigenvalue weighted by molar-refractivity contribution is 6.36. The summed E-state index contributed by atoms with van der Waals surface area (Å²) in [6.07, 6.45) is 0. The van der Waals surface area contributed by atoms with E-state index in [1.807, 2.05) is 0 Å². The Hall–Kier alpha value is -9.98. The first-order chi connectivity index (χ1) is 38.9. The van der Waals surface area contributed by atoms with Gasteiger partial charge in [0.1, 0.15) is 33.4 Å². The predicted molar refractivity (Wildman–Crippen MR) is 328 cm³/mol. The van der Waals surface area contributed by atoms with Gasteiger partial charge in [0, 0.05) is 76.0 Å². The van der Waals surface area contributed by atoms with Crippen LogP contribution in [0.5, 0.6) is 0 Å². The minimum absolute atomic E-state index is 0.276. The molecule has 0 radical (unpaired) electrons. The number of aromatic nitrogens is 1. The quantitative estimate of drug-likeness (QED) is 0.151. The molecule has 11 aromatic carbocycles. The topological polar surface area (TPSA) is 63.5 Å². The van der Waals surface area contributed by atoms with Gasteiger partial charge in [-0.3, -0.25) is 0 Å². The Morgan fingerprint density at radius 3 is 1.10 bits per heavy atom. The highest BCUT2D eigenvalue weighted by Crippen LogP contribution is 2.56. The summed E-state index contributed by atoms with van der Waals surface area (Å²) in [5, 5.41) is 12.7. The van der Waals surface area contributed by atoms with Crippen LogP contribution in [-0.2, 0) is 0 Å². The first-order valence-corrected chi connectivity index (χ1v) is 27.4. The lowest BCUT2D eigenvalue weighted by molar-refractivity contribution is 0.657. The molecule has 17 aromatic rings. The van der Waals surface area contributed by atoms with Crippen LogP contribution in [0.1, 0.15) is 50.7 Å². The van der Waals surface area contributed by atoms with Gasteiger partial charge in [-0.2, -0.15) is 0 Å². The summed E-state index contributed by atoms with van der Waals surface area (Å²) < 4.78 is 31.3. The Balaban J connectivity index is 1.06. The fourth-order valence-corrected chi connectivity index (χ4v) is 13.4. The Morgan fingerprint density at radius 2 is 0.658 bits per heavy atom. The fraction of sp³-hybridized carbons (Fsp3) is 0.0833. The van der Waals surface area contributed by atoms with E-state index in [0.717, 1.165) is 160 Å². The molecule has 0 aliphatic rings. The van der Waals surface area contributed by atoms with Gasteiger partial charge in [0.25, 0.3) is 0 Å². The number of nitrogens with zero attached hydrogens (tertiary/aromatic N) is 3. The van der Waals surface area contributed by atoms with Gasteiger partial charge in [-0.1, -0.05) is 179 Å². The molecular weight excluding hydrogens is 971 g/mol. The van der Waals surface area contributed by atoms with Crippen molar-refractivity contribution in [1.82, 2.24) is 4.40 Å². The highest BCUT2D eigenvalue weighted by atomic mass is 16.3. The van der Waals surface area contributed by atoms with Crippen LogP contribution in [0.15, 0.2) is 230 Å². The molecule has 79 heavy (non-hydrogen) atoms. The van der Waals surface area contributed by atoms with Crippen LogP contribution in [0.2, 0.25) is 0 Å². The van der Waals surface area contributed by atoms with E-state index < -0.39 is 0 Å². The molecule has 0 saturated heterocycles. The number of benzene rings is 11. The van der Waals surface area contributed by atoms with E-state index in [2.05, 4.69) is 254 Å². The summed E-state index contributed by atoms with van der Waals surface area (Å²) in [5.74, 6) is 0.553. The average molecular weight is 1020 g/mol. The number of hydrogen-bond acceptors (Lipinski definition) is 6. The van der Waals surface area contributed by atoms with Gasteiger partial charge < -0.3 is 31.9 Å². The molecule has 0 unspecified atom stereocenters. The lowest BCUT2D eigenvalue weighted by Crippen LogP contribution is -2.11. The summed E-state index contributed by atoms with van der Waals surface area (Å²) in [6, 6.07) is 76.0. The number of hydrogen-bond donors (Lipinski definition) is 0. The van der Waals surface area contributed by atoms with Crippen LogP contribution < -0.4 is 9.80 Å². The molecule has 17 rings (SSSR count). The van der Waals surface area contributed by atoms with Gasteiger partial charge in [0.05, 0.1) is 28.3 Å². The summed E-state index contributed by atoms with van der Waals surface area (Å²) in [7, 11) is 0. The number of furan rings is 4. The molecule has 0 fully saturated rings. The summed E-state index contributed by atoms with van der Waals surface area (Å²) in [5.41, 5.74) is 18.0. The molecule has 0 bridgehead atoms. The fourth-order valence-electron chi connectivity index (χ4n) is 13.4. The van der Waals surface area contributed by atoms with Crippen molar-refractivity contribution in [3.05, 3.63) is 223 Å². The van der Waals surface area contributed by atoms with Crippen molar-refractivity contribution in [2.45, 2.75) is 39.5 Å². The third-order valence-corrected chi connectivity index (χ3v) is 16.8. The number of para-hydroxylation sites is 9. The molecule has 7 nitrogen and oxygen atoms in total. The zero-order valence-electron chi connectivity index (χ0n) is 43.8. The number of anilines is 6. The van der Waals surface area contributed by atoms with Crippen LogP contribution in [-0.4, -0.2) is 4.40 Å². The summed E-state index contributed by atoms with van der Waals surface area (Å²) in [6.45, 7) is 8.93. The minimum atomic E-state index is 0.276. The van der Waals surface area contributed by atoms with E-state index in [1.165, 1.54) is 11.1 Å². The summed E-state index contributed by atoms with van der Waals surface area (Å²) in [4.78, 5) is 4.82. The van der Waals surface area contributed by atoms with Crippen LogP contribution in [0.3, 0.4) is 0 Å². The number of rotatable bonds is 8. The monoisotopic (exact) mass is 1020 g/mol. The van der Waals surface area contributed by atoms with Gasteiger partial charge in [-0.25, -0.2) is 0 Å². The lowest BCUT2D eigenvalue weighted by Gasteiger charge is -2.27. The van der Waals surface area contributed by atoms with Gasteiger partial charge in [-0.15, -0.1) is 0 Å². The third-order valence-electron chi connectivity index (χ3n) is 16.8. The average Bonchev–Trinajstić information content (AvgIpc) is 4.19. The van der Waals surface area contributed by atoms with Crippen molar-refractivity contribution in [2.75, 3.05) is 9.80 Å². The van der Waals surface area contributed by atoms with E-state index in [0.29, 0.717) is 0 Å². The van der Waals surface area contributed by atoms with Crippen molar-refractivity contribution >= 4 is 160 Å². The largest absolute Gasteiger partial charge is 0.454 e. The third kappa shape index (κ3) is 6.01. The van der Waals surface area contributed by atoms with E-state index in [-0.39, 0.29) is 11.8 Å². The van der Waals surface area contributed by atoms with Crippen molar-refractivity contribution in [3.8, 4) is 0 Å². The maximum atomic E-state index is 7.25. The van der Waals surface area contributed by atoms with Crippen molar-refractivity contribution in [1.29, 1.82) is 0 Å². The van der Waals surface area contributed by atoms with Crippen molar-refractivity contribution in [2.24, 2.45) is 0 Å². The zero-order valence-corrected chi connectivity index (χ0v) is 43.8. The molecule has 0 saturated carbocycles. The van der Waals surface area contributed by atoms with Crippen molar-refractivity contribution in [3.63, 3.8) is 0 Å². The minimum Gasteiger partial charge on any atom is -0.454 e. The van der Waals surface area contributed by atoms with E-state index >= 15 is 0 Å². The normalized spacial score (nSPS) is 12.5. The molecule has 0 spiro atoms. The molecule has 0 aliphatic carbocycles. The lowest BCUT2D eigenvalue weighted by atomic mass is 9.99. The molecule has 0 N–H and O–H groups in total. The summed E-state index contributed by atoms with van der Waals surface area (Å²) >= 11 is 0. The maximum absolute atomic E-state index is 7.25. The molecule has 0 amide bonds. The molecule has 6 heterocycles. The Kier molecular flexibility index (Phi) is 9.10. The first-order valence-electron chi connectivity index (χ1n) is 27.4. The van der Waals surface area contributed by atoms with Crippen LogP contribution >= 0.6 is 0 Å². The van der Waals surface area contributed by atoms with E-state index in [9.17, 15) is 0 Å². The Bertz CT molecular complexity index is 5020. The van der Waals surface area contributed by atoms with Crippen LogP contribution in [0, 0.1) is 0 Å². The second kappa shape index (κ2) is 16.3. The van der Waals surface area contributed by atoms with Gasteiger partial charge >= 0.3 is 0 Å². The molecule has 7 heteroatoms. The van der Waals surface area contributed by atoms with E-state index in [4.69, 9.17) is 17.7 Å². The molecule has 0 atom stereocenters. The van der Waals surface area contributed by atoms with Crippen molar-refractivity contribution < 1.29 is 17.7 Å². The SMILES string of the molecule is CC(C)c1cccc2c1oc1c(N(c3ccccc3)c3cc4c5ccccc5oc4c4c3c3cccc5c6c(N(c7ccccc7)c7cccc8c7oc7c(C(C)C)cccc78)cc7c8ccccc8oc7c6n4c35)cccc12. The molecule has 376 valence electrons. The van der Waals surface area contributed by atoms with E-state index in [1.54, 1.807) is 0 Å². The number of fused-ring (bicyclic) bond motifs is 20. The molecule has 6 aromatic heterocycles. The smallest absolute Gasteiger partial charge is 0.160 e. The van der Waals surface area contributed by atoms with Gasteiger partial charge in [-0.05, 0) is 83.6 Å². The van der Waals surface area contributed by atoms with Gasteiger partial charge in [0.15, 0.2) is 22.3 Å². The highest BCUT2D eigenvalue weighted by Gasteiger charge is 2.33. The standard InChI is InChI=1S/C72H49N3O4/c1-40(2)44-26-15-28-48-50-30-18-34-56(69(50)78-67(44)48)73(42-20-7-5-8-21-42)58-38-54-46-24-11-13-36-60(46)76-71(54)65-62(58)52-32-17-33-53-63-59(39-55-47-25-12-14-37-61(47)77-72(55)66(63)75(65)64(52)53)74(43-22-9-6-10-23-43)57-35-19-31-51-49-29-16-27-45(41(3)4)68(49)79-70(51)57/h5-41H,1-4H3. The second-order valence-corrected chi connectivity index (χ2v) is 21.8. The Labute approximate surface area is 452 Å².